The Bertz CT molecular complexity index is 1400. The Hall–Kier alpha value is -3.77. The number of aromatic amines is 1. The SMILES string of the molecule is O=C(CC(F)(F)F)N1CCN(Cc2ccnc(Nc3nc4ccc(-c5cnc(Cl)nc5)cc4[nH]3)c2)CC1. The molecule has 9 nitrogen and oxygen atoms in total. The zero-order valence-electron chi connectivity index (χ0n) is 19.5. The number of hydrogen-bond donors (Lipinski definition) is 2. The zero-order chi connectivity index (χ0) is 26.0. The van der Waals surface area contributed by atoms with Gasteiger partial charge in [-0.1, -0.05) is 6.07 Å². The van der Waals surface area contributed by atoms with Crippen LogP contribution in [0.4, 0.5) is 24.9 Å². The number of imidazole rings is 1. The van der Waals surface area contributed by atoms with Crippen LogP contribution in [0.3, 0.4) is 0 Å². The molecule has 0 bridgehead atoms. The van der Waals surface area contributed by atoms with Gasteiger partial charge < -0.3 is 15.2 Å². The molecule has 0 saturated carbocycles. The first kappa shape index (κ1) is 24.9. The summed E-state index contributed by atoms with van der Waals surface area (Å²) in [6.07, 6.45) is -0.904. The summed E-state index contributed by atoms with van der Waals surface area (Å²) >= 11 is 5.77. The molecule has 1 aliphatic heterocycles. The molecule has 0 aliphatic carbocycles. The quantitative estimate of drug-likeness (QED) is 0.356. The van der Waals surface area contributed by atoms with E-state index < -0.39 is 18.5 Å². The van der Waals surface area contributed by atoms with Crippen LogP contribution in [0.1, 0.15) is 12.0 Å². The van der Waals surface area contributed by atoms with E-state index >= 15 is 0 Å². The van der Waals surface area contributed by atoms with Gasteiger partial charge in [0, 0.05) is 56.9 Å². The van der Waals surface area contributed by atoms with Crippen LogP contribution in [0, 0.1) is 0 Å². The summed E-state index contributed by atoms with van der Waals surface area (Å²) in [6, 6.07) is 9.54. The number of alkyl halides is 3. The minimum Gasteiger partial charge on any atom is -0.340 e. The fourth-order valence-corrected chi connectivity index (χ4v) is 4.27. The highest BCUT2D eigenvalue weighted by atomic mass is 35.5. The predicted molar refractivity (Wildman–Crippen MR) is 132 cm³/mol. The molecule has 0 unspecified atom stereocenters. The predicted octanol–water partition coefficient (Wildman–Crippen LogP) is 4.41. The van der Waals surface area contributed by atoms with Crippen molar-refractivity contribution in [2.75, 3.05) is 31.5 Å². The van der Waals surface area contributed by atoms with Gasteiger partial charge in [0.15, 0.2) is 0 Å². The molecule has 4 heterocycles. The van der Waals surface area contributed by atoms with E-state index in [0.717, 1.165) is 27.7 Å². The molecule has 0 radical (unpaired) electrons. The third-order valence-electron chi connectivity index (χ3n) is 5.99. The molecule has 1 fully saturated rings. The number of nitrogens with zero attached hydrogens (tertiary/aromatic N) is 6. The number of benzene rings is 1. The molecule has 1 aliphatic rings. The highest BCUT2D eigenvalue weighted by Crippen LogP contribution is 2.25. The Balaban J connectivity index is 1.21. The molecule has 3 aromatic heterocycles. The number of carbonyl (C=O) groups excluding carboxylic acids is 1. The topological polar surface area (TPSA) is 103 Å². The minimum atomic E-state index is -4.48. The summed E-state index contributed by atoms with van der Waals surface area (Å²) < 4.78 is 37.5. The Labute approximate surface area is 214 Å². The Morgan fingerprint density at radius 3 is 2.51 bits per heavy atom. The highest BCUT2D eigenvalue weighted by Gasteiger charge is 2.34. The minimum absolute atomic E-state index is 0.186. The lowest BCUT2D eigenvalue weighted by molar-refractivity contribution is -0.162. The Kier molecular flexibility index (Phi) is 6.94. The highest BCUT2D eigenvalue weighted by molar-refractivity contribution is 6.28. The average molecular weight is 531 g/mol. The summed E-state index contributed by atoms with van der Waals surface area (Å²) in [5, 5.41) is 3.37. The molecular weight excluding hydrogens is 509 g/mol. The van der Waals surface area contributed by atoms with Crippen LogP contribution in [0.5, 0.6) is 0 Å². The maximum atomic E-state index is 12.5. The first-order valence-electron chi connectivity index (χ1n) is 11.5. The van der Waals surface area contributed by atoms with Crippen LogP contribution in [0.25, 0.3) is 22.2 Å². The van der Waals surface area contributed by atoms with E-state index in [2.05, 4.69) is 35.1 Å². The molecule has 13 heteroatoms. The van der Waals surface area contributed by atoms with Gasteiger partial charge in [0.05, 0.1) is 11.0 Å². The van der Waals surface area contributed by atoms with Gasteiger partial charge >= 0.3 is 6.18 Å². The van der Waals surface area contributed by atoms with Gasteiger partial charge in [0.2, 0.25) is 17.1 Å². The molecule has 0 spiro atoms. The van der Waals surface area contributed by atoms with Crippen molar-refractivity contribution in [3.05, 3.63) is 59.8 Å². The molecule has 4 aromatic rings. The van der Waals surface area contributed by atoms with Gasteiger partial charge in [0.1, 0.15) is 12.2 Å². The number of H-pyrrole nitrogens is 1. The number of carbonyl (C=O) groups is 1. The monoisotopic (exact) mass is 530 g/mol. The smallest absolute Gasteiger partial charge is 0.340 e. The summed E-state index contributed by atoms with van der Waals surface area (Å²) in [5.74, 6) is 0.254. The second-order valence-corrected chi connectivity index (χ2v) is 9.02. The number of fused-ring (bicyclic) bond motifs is 1. The largest absolute Gasteiger partial charge is 0.397 e. The van der Waals surface area contributed by atoms with E-state index in [-0.39, 0.29) is 18.4 Å². The molecule has 1 saturated heterocycles. The standard InChI is InChI=1S/C24H22ClF3N8O/c25-22-30-12-17(13-31-22)16-1-2-18-19(10-16)33-23(32-18)34-20-9-15(3-4-29-20)14-35-5-7-36(8-6-35)21(37)11-24(26,27)28/h1-4,9-10,12-13H,5-8,11,14H2,(H2,29,32,33,34). The number of halogens is 4. The fraction of sp³-hybridized carbons (Fsp3) is 0.292. The zero-order valence-corrected chi connectivity index (χ0v) is 20.2. The van der Waals surface area contributed by atoms with Gasteiger partial charge in [-0.2, -0.15) is 13.2 Å². The third-order valence-corrected chi connectivity index (χ3v) is 6.18. The number of piperazine rings is 1. The van der Waals surface area contributed by atoms with Crippen LogP contribution >= 0.6 is 11.6 Å². The first-order chi connectivity index (χ1) is 17.7. The summed E-state index contributed by atoms with van der Waals surface area (Å²) in [6.45, 7) is 2.13. The van der Waals surface area contributed by atoms with Crippen LogP contribution in [0.2, 0.25) is 5.28 Å². The Morgan fingerprint density at radius 1 is 1.03 bits per heavy atom. The van der Waals surface area contributed by atoms with Crippen molar-refractivity contribution in [1.29, 1.82) is 0 Å². The van der Waals surface area contributed by atoms with Crippen molar-refractivity contribution >= 4 is 40.3 Å². The molecule has 192 valence electrons. The molecule has 5 rings (SSSR count). The number of rotatable bonds is 6. The van der Waals surface area contributed by atoms with Gasteiger partial charge in [-0.25, -0.2) is 19.9 Å². The van der Waals surface area contributed by atoms with E-state index in [1.165, 1.54) is 4.90 Å². The summed E-state index contributed by atoms with van der Waals surface area (Å²) in [7, 11) is 0. The fourth-order valence-electron chi connectivity index (χ4n) is 4.17. The second kappa shape index (κ2) is 10.3. The maximum absolute atomic E-state index is 12.5. The maximum Gasteiger partial charge on any atom is 0.397 e. The van der Waals surface area contributed by atoms with Crippen molar-refractivity contribution in [2.24, 2.45) is 0 Å². The van der Waals surface area contributed by atoms with Gasteiger partial charge in [0.25, 0.3) is 0 Å². The van der Waals surface area contributed by atoms with E-state index in [1.54, 1.807) is 18.6 Å². The number of nitrogens with one attached hydrogen (secondary N) is 2. The lowest BCUT2D eigenvalue weighted by atomic mass is 10.1. The number of anilines is 2. The van der Waals surface area contributed by atoms with Crippen LogP contribution in [0.15, 0.2) is 48.9 Å². The number of amides is 1. The first-order valence-corrected chi connectivity index (χ1v) is 11.9. The second-order valence-electron chi connectivity index (χ2n) is 8.68. The van der Waals surface area contributed by atoms with Crippen molar-refractivity contribution in [2.45, 2.75) is 19.1 Å². The molecule has 1 aromatic carbocycles. The van der Waals surface area contributed by atoms with E-state index in [0.29, 0.717) is 31.4 Å². The van der Waals surface area contributed by atoms with E-state index in [1.807, 2.05) is 30.3 Å². The summed E-state index contributed by atoms with van der Waals surface area (Å²) in [5.41, 5.74) is 4.32. The van der Waals surface area contributed by atoms with Crippen LogP contribution in [-0.4, -0.2) is 73.0 Å². The molecule has 0 atom stereocenters. The lowest BCUT2D eigenvalue weighted by Gasteiger charge is -2.35. The van der Waals surface area contributed by atoms with E-state index in [9.17, 15) is 18.0 Å². The molecular formula is C24H22ClF3N8O. The molecule has 37 heavy (non-hydrogen) atoms. The van der Waals surface area contributed by atoms with Crippen molar-refractivity contribution < 1.29 is 18.0 Å². The van der Waals surface area contributed by atoms with Crippen molar-refractivity contribution in [3.8, 4) is 11.1 Å². The van der Waals surface area contributed by atoms with Crippen molar-refractivity contribution in [1.82, 2.24) is 34.7 Å². The van der Waals surface area contributed by atoms with Crippen molar-refractivity contribution in [3.63, 3.8) is 0 Å². The Morgan fingerprint density at radius 2 is 1.78 bits per heavy atom. The van der Waals surface area contributed by atoms with Gasteiger partial charge in [-0.15, -0.1) is 0 Å². The summed E-state index contributed by atoms with van der Waals surface area (Å²) in [4.78, 5) is 35.4. The van der Waals surface area contributed by atoms with Crippen LogP contribution in [-0.2, 0) is 11.3 Å². The number of pyridine rings is 1. The molecule has 2 N–H and O–H groups in total. The van der Waals surface area contributed by atoms with Crippen LogP contribution < -0.4 is 5.32 Å². The number of aromatic nitrogens is 5. The third kappa shape index (κ3) is 6.33. The van der Waals surface area contributed by atoms with Gasteiger partial charge in [-0.05, 0) is 47.0 Å². The van der Waals surface area contributed by atoms with Gasteiger partial charge in [-0.3, -0.25) is 9.69 Å². The normalized spacial score (nSPS) is 14.8. The number of hydrogen-bond acceptors (Lipinski definition) is 7. The lowest BCUT2D eigenvalue weighted by Crippen LogP contribution is -2.49. The molecule has 1 amide bonds. The van der Waals surface area contributed by atoms with E-state index in [4.69, 9.17) is 11.6 Å². The average Bonchev–Trinajstić information content (AvgIpc) is 3.25.